The molecule has 0 aromatic heterocycles. The molecule has 0 bridgehead atoms. The number of hydrogen-bond donors (Lipinski definition) is 0. The van der Waals surface area contributed by atoms with Crippen molar-refractivity contribution in [2.45, 2.75) is 24.9 Å². The fourth-order valence-corrected chi connectivity index (χ4v) is 3.02. The molecule has 0 atom stereocenters. The Balaban J connectivity index is 2.10. The SMILES string of the molecule is Cc1cc(C(F)(C(F)(F)F)C(F)(F)F)ccc1N1C(=O)c2ccccc2C1=O. The molecular weight excluding hydrogens is 395 g/mol. The van der Waals surface area contributed by atoms with Crippen LogP contribution >= 0.6 is 0 Å². The molecule has 2 amide bonds. The molecule has 3 rings (SSSR count). The van der Waals surface area contributed by atoms with E-state index in [2.05, 4.69) is 0 Å². The molecule has 0 saturated heterocycles. The van der Waals surface area contributed by atoms with Crippen LogP contribution in [-0.4, -0.2) is 24.2 Å². The second-order valence-corrected chi connectivity index (χ2v) is 6.15. The number of alkyl halides is 7. The zero-order valence-corrected chi connectivity index (χ0v) is 14.0. The second-order valence-electron chi connectivity index (χ2n) is 6.15. The molecule has 0 unspecified atom stereocenters. The Morgan fingerprint density at radius 3 is 1.61 bits per heavy atom. The third-order valence-electron chi connectivity index (χ3n) is 4.41. The standard InChI is InChI=1S/C18H10F7NO2/c1-9-8-10(16(19,17(20,21)22)18(23,24)25)6-7-13(9)26-14(27)11-4-2-3-5-12(11)15(26)28/h2-8H,1H3. The molecule has 0 fully saturated rings. The first-order valence-corrected chi connectivity index (χ1v) is 7.72. The zero-order chi connectivity index (χ0) is 21.1. The van der Waals surface area contributed by atoms with E-state index in [0.717, 1.165) is 6.92 Å². The van der Waals surface area contributed by atoms with E-state index in [9.17, 15) is 40.3 Å². The normalized spacial score (nSPS) is 15.2. The molecule has 1 aliphatic heterocycles. The highest BCUT2D eigenvalue weighted by molar-refractivity contribution is 6.34. The van der Waals surface area contributed by atoms with E-state index in [4.69, 9.17) is 0 Å². The number of imide groups is 1. The highest BCUT2D eigenvalue weighted by atomic mass is 19.4. The molecular formula is C18H10F7NO2. The van der Waals surface area contributed by atoms with E-state index in [-0.39, 0.29) is 28.4 Å². The van der Waals surface area contributed by atoms with E-state index in [1.54, 1.807) is 0 Å². The number of carbonyl (C=O) groups excluding carboxylic acids is 2. The Kier molecular flexibility index (Phi) is 4.28. The van der Waals surface area contributed by atoms with Gasteiger partial charge in [-0.25, -0.2) is 9.29 Å². The molecule has 10 heteroatoms. The van der Waals surface area contributed by atoms with Gasteiger partial charge in [0.1, 0.15) is 0 Å². The number of carbonyl (C=O) groups is 2. The fraction of sp³-hybridized carbons (Fsp3) is 0.222. The summed E-state index contributed by atoms with van der Waals surface area (Å²) in [5.41, 5.74) is -7.73. The van der Waals surface area contributed by atoms with Crippen molar-refractivity contribution in [3.63, 3.8) is 0 Å². The average Bonchev–Trinajstić information content (AvgIpc) is 2.84. The Morgan fingerprint density at radius 1 is 0.750 bits per heavy atom. The van der Waals surface area contributed by atoms with Crippen LogP contribution in [0.3, 0.4) is 0 Å². The van der Waals surface area contributed by atoms with Gasteiger partial charge in [0.05, 0.1) is 16.8 Å². The molecule has 0 saturated carbocycles. The second kappa shape index (κ2) is 6.05. The number of anilines is 1. The molecule has 28 heavy (non-hydrogen) atoms. The minimum absolute atomic E-state index is 0.0430. The van der Waals surface area contributed by atoms with Crippen LogP contribution in [0.4, 0.5) is 36.4 Å². The van der Waals surface area contributed by atoms with E-state index in [0.29, 0.717) is 17.0 Å². The first-order valence-electron chi connectivity index (χ1n) is 7.72. The molecule has 2 aromatic rings. The van der Waals surface area contributed by atoms with Crippen molar-refractivity contribution in [1.29, 1.82) is 0 Å². The number of aryl methyl sites for hydroxylation is 1. The lowest BCUT2D eigenvalue weighted by atomic mass is 9.92. The fourth-order valence-electron chi connectivity index (χ4n) is 3.02. The van der Waals surface area contributed by atoms with Crippen LogP contribution < -0.4 is 4.90 Å². The first kappa shape index (κ1) is 19.8. The molecule has 1 heterocycles. The van der Waals surface area contributed by atoms with Gasteiger partial charge in [-0.3, -0.25) is 9.59 Å². The van der Waals surface area contributed by atoms with E-state index >= 15 is 0 Å². The minimum Gasteiger partial charge on any atom is -0.268 e. The van der Waals surface area contributed by atoms with Crippen molar-refractivity contribution < 1.29 is 40.3 Å². The van der Waals surface area contributed by atoms with Crippen molar-refractivity contribution in [2.24, 2.45) is 0 Å². The summed E-state index contributed by atoms with van der Waals surface area (Å²) in [6, 6.07) is 7.00. The lowest BCUT2D eigenvalue weighted by molar-refractivity contribution is -0.348. The number of fused-ring (bicyclic) bond motifs is 1. The lowest BCUT2D eigenvalue weighted by Gasteiger charge is -2.31. The van der Waals surface area contributed by atoms with Gasteiger partial charge >= 0.3 is 18.0 Å². The average molecular weight is 405 g/mol. The van der Waals surface area contributed by atoms with Gasteiger partial charge in [0.2, 0.25) is 0 Å². The zero-order valence-electron chi connectivity index (χ0n) is 14.0. The Hall–Kier alpha value is -2.91. The molecule has 2 aromatic carbocycles. The van der Waals surface area contributed by atoms with E-state index in [1.165, 1.54) is 24.3 Å². The van der Waals surface area contributed by atoms with Crippen molar-refractivity contribution in [2.75, 3.05) is 4.90 Å². The molecule has 0 spiro atoms. The third-order valence-corrected chi connectivity index (χ3v) is 4.41. The summed E-state index contributed by atoms with van der Waals surface area (Å²) in [6.07, 6.45) is -12.5. The van der Waals surface area contributed by atoms with Gasteiger partial charge in [-0.05, 0) is 30.7 Å². The molecule has 148 valence electrons. The van der Waals surface area contributed by atoms with E-state index in [1.807, 2.05) is 0 Å². The summed E-state index contributed by atoms with van der Waals surface area (Å²) in [5, 5.41) is 0. The topological polar surface area (TPSA) is 37.4 Å². The Labute approximate surface area is 153 Å². The Morgan fingerprint density at radius 2 is 1.21 bits per heavy atom. The van der Waals surface area contributed by atoms with Crippen LogP contribution in [-0.2, 0) is 5.67 Å². The number of benzene rings is 2. The molecule has 3 nitrogen and oxygen atoms in total. The maximum atomic E-state index is 14.2. The van der Waals surface area contributed by atoms with Gasteiger partial charge < -0.3 is 0 Å². The van der Waals surface area contributed by atoms with Gasteiger partial charge in [0.15, 0.2) is 0 Å². The molecule has 0 aliphatic carbocycles. The van der Waals surface area contributed by atoms with Gasteiger partial charge in [0, 0.05) is 5.56 Å². The maximum absolute atomic E-state index is 14.2. The largest absolute Gasteiger partial charge is 0.435 e. The Bertz CT molecular complexity index is 930. The first-order chi connectivity index (χ1) is 12.8. The third kappa shape index (κ3) is 2.66. The summed E-state index contributed by atoms with van der Waals surface area (Å²) in [4.78, 5) is 25.5. The van der Waals surface area contributed by atoms with Crippen LogP contribution in [0.25, 0.3) is 0 Å². The smallest absolute Gasteiger partial charge is 0.268 e. The lowest BCUT2D eigenvalue weighted by Crippen LogP contribution is -2.50. The number of hydrogen-bond acceptors (Lipinski definition) is 2. The predicted octanol–water partition coefficient (Wildman–Crippen LogP) is 5.09. The quantitative estimate of drug-likeness (QED) is 0.516. The van der Waals surface area contributed by atoms with Crippen LogP contribution in [0.1, 0.15) is 31.8 Å². The molecule has 1 aliphatic rings. The molecule has 0 radical (unpaired) electrons. The van der Waals surface area contributed by atoms with Crippen molar-refractivity contribution in [1.82, 2.24) is 0 Å². The summed E-state index contributed by atoms with van der Waals surface area (Å²) >= 11 is 0. The molecule has 0 N–H and O–H groups in total. The minimum atomic E-state index is -6.26. The van der Waals surface area contributed by atoms with Crippen LogP contribution in [0.15, 0.2) is 42.5 Å². The van der Waals surface area contributed by atoms with Crippen LogP contribution in [0.5, 0.6) is 0 Å². The van der Waals surface area contributed by atoms with Gasteiger partial charge in [0.25, 0.3) is 11.8 Å². The highest BCUT2D eigenvalue weighted by Crippen LogP contribution is 2.53. The maximum Gasteiger partial charge on any atom is 0.435 e. The number of halogens is 7. The van der Waals surface area contributed by atoms with Gasteiger partial charge in [-0.1, -0.05) is 24.3 Å². The predicted molar refractivity (Wildman–Crippen MR) is 83.7 cm³/mol. The summed E-state index contributed by atoms with van der Waals surface area (Å²) in [5.74, 6) is -1.57. The van der Waals surface area contributed by atoms with Crippen molar-refractivity contribution >= 4 is 17.5 Å². The number of amides is 2. The van der Waals surface area contributed by atoms with Crippen LogP contribution in [0, 0.1) is 6.92 Å². The van der Waals surface area contributed by atoms with E-state index < -0.39 is 35.4 Å². The number of nitrogens with zero attached hydrogens (tertiary/aromatic N) is 1. The van der Waals surface area contributed by atoms with Gasteiger partial charge in [-0.15, -0.1) is 0 Å². The summed E-state index contributed by atoms with van der Waals surface area (Å²) in [7, 11) is 0. The van der Waals surface area contributed by atoms with Crippen molar-refractivity contribution in [3.05, 3.63) is 64.7 Å². The monoisotopic (exact) mass is 405 g/mol. The summed E-state index contributed by atoms with van der Waals surface area (Å²) < 4.78 is 91.7. The summed E-state index contributed by atoms with van der Waals surface area (Å²) in [6.45, 7) is 1.08. The number of rotatable bonds is 2. The highest BCUT2D eigenvalue weighted by Gasteiger charge is 2.73. The van der Waals surface area contributed by atoms with Crippen molar-refractivity contribution in [3.8, 4) is 0 Å². The van der Waals surface area contributed by atoms with Gasteiger partial charge in [-0.2, -0.15) is 26.3 Å². The van der Waals surface area contributed by atoms with Crippen LogP contribution in [0.2, 0.25) is 0 Å².